The van der Waals surface area contributed by atoms with E-state index in [1.807, 2.05) is 0 Å². The summed E-state index contributed by atoms with van der Waals surface area (Å²) >= 11 is 0. The zero-order valence-electron chi connectivity index (χ0n) is 20.6. The van der Waals surface area contributed by atoms with Crippen molar-refractivity contribution in [3.05, 3.63) is 112 Å². The van der Waals surface area contributed by atoms with E-state index < -0.39 is 17.7 Å². The Bertz CT molecular complexity index is 1320. The summed E-state index contributed by atoms with van der Waals surface area (Å²) in [5, 5.41) is 9.62. The number of piperidine rings is 1. The molecule has 3 aromatic carbocycles. The molecule has 37 heavy (non-hydrogen) atoms. The third-order valence-corrected chi connectivity index (χ3v) is 7.46. The molecule has 1 saturated heterocycles. The lowest BCUT2D eigenvalue weighted by molar-refractivity contribution is -0.137. The van der Waals surface area contributed by atoms with E-state index in [2.05, 4.69) is 71.7 Å². The number of halogens is 3. The van der Waals surface area contributed by atoms with Gasteiger partial charge in [0.15, 0.2) is 0 Å². The molecule has 188 valence electrons. The van der Waals surface area contributed by atoms with Crippen LogP contribution in [0.2, 0.25) is 0 Å². The van der Waals surface area contributed by atoms with Crippen molar-refractivity contribution in [3.8, 4) is 6.07 Å². The van der Waals surface area contributed by atoms with Gasteiger partial charge < -0.3 is 4.90 Å². The number of fused-ring (bicyclic) bond motifs is 2. The second-order valence-electron chi connectivity index (χ2n) is 9.78. The molecular formula is C32H29F3N2. The molecule has 5 heteroatoms. The minimum absolute atomic E-state index is 0.447. The van der Waals surface area contributed by atoms with Gasteiger partial charge in [0.25, 0.3) is 0 Å². The molecule has 5 rings (SSSR count). The second kappa shape index (κ2) is 10.8. The van der Waals surface area contributed by atoms with Gasteiger partial charge in [-0.25, -0.2) is 0 Å². The van der Waals surface area contributed by atoms with Crippen molar-refractivity contribution >= 4 is 17.7 Å². The van der Waals surface area contributed by atoms with E-state index in [1.54, 1.807) is 6.07 Å². The van der Waals surface area contributed by atoms with Crippen LogP contribution in [-0.4, -0.2) is 24.5 Å². The first kappa shape index (κ1) is 25.0. The maximum absolute atomic E-state index is 13.1. The molecule has 0 spiro atoms. The number of hydrogen-bond acceptors (Lipinski definition) is 2. The fourth-order valence-electron chi connectivity index (χ4n) is 5.50. The maximum atomic E-state index is 13.1. The SMILES string of the molecule is N#CC(CCCN1CCC(=C2c3ccccc3C=Cc3ccccc32)CC1)c1cccc(C(F)(F)F)c1. The van der Waals surface area contributed by atoms with Crippen LogP contribution in [0.4, 0.5) is 13.2 Å². The molecule has 0 aromatic heterocycles. The van der Waals surface area contributed by atoms with Crippen LogP contribution < -0.4 is 0 Å². The first-order valence-corrected chi connectivity index (χ1v) is 12.8. The highest BCUT2D eigenvalue weighted by Gasteiger charge is 2.31. The highest BCUT2D eigenvalue weighted by molar-refractivity contribution is 5.94. The van der Waals surface area contributed by atoms with E-state index in [1.165, 1.54) is 39.5 Å². The van der Waals surface area contributed by atoms with Gasteiger partial charge in [-0.05, 0) is 71.7 Å². The molecule has 1 aliphatic carbocycles. The van der Waals surface area contributed by atoms with E-state index in [0.29, 0.717) is 12.0 Å². The van der Waals surface area contributed by atoms with Crippen LogP contribution in [0.3, 0.4) is 0 Å². The highest BCUT2D eigenvalue weighted by atomic mass is 19.4. The highest BCUT2D eigenvalue weighted by Crippen LogP contribution is 2.39. The Morgan fingerprint density at radius 3 is 2.05 bits per heavy atom. The zero-order chi connectivity index (χ0) is 25.8. The van der Waals surface area contributed by atoms with E-state index in [0.717, 1.165) is 51.0 Å². The van der Waals surface area contributed by atoms with Gasteiger partial charge in [0, 0.05) is 13.1 Å². The van der Waals surface area contributed by atoms with Gasteiger partial charge in [-0.2, -0.15) is 18.4 Å². The molecule has 1 fully saturated rings. The van der Waals surface area contributed by atoms with Gasteiger partial charge in [0.05, 0.1) is 17.6 Å². The van der Waals surface area contributed by atoms with Gasteiger partial charge >= 0.3 is 6.18 Å². The fraction of sp³-hybridized carbons (Fsp3) is 0.281. The molecule has 2 nitrogen and oxygen atoms in total. The molecule has 1 atom stereocenters. The summed E-state index contributed by atoms with van der Waals surface area (Å²) < 4.78 is 39.3. The van der Waals surface area contributed by atoms with Crippen LogP contribution in [0, 0.1) is 11.3 Å². The second-order valence-corrected chi connectivity index (χ2v) is 9.78. The van der Waals surface area contributed by atoms with Gasteiger partial charge in [-0.3, -0.25) is 0 Å². The molecule has 1 unspecified atom stereocenters. The van der Waals surface area contributed by atoms with Crippen LogP contribution in [0.1, 0.15) is 65.0 Å². The van der Waals surface area contributed by atoms with Crippen molar-refractivity contribution in [1.29, 1.82) is 5.26 Å². The largest absolute Gasteiger partial charge is 0.416 e. The molecule has 0 radical (unpaired) electrons. The quantitative estimate of drug-likeness (QED) is 0.277. The van der Waals surface area contributed by atoms with Crippen LogP contribution in [0.5, 0.6) is 0 Å². The number of rotatable bonds is 5. The monoisotopic (exact) mass is 498 g/mol. The predicted octanol–water partition coefficient (Wildman–Crippen LogP) is 8.17. The molecule has 0 bridgehead atoms. The van der Waals surface area contributed by atoms with Crippen LogP contribution in [0.25, 0.3) is 17.7 Å². The first-order valence-electron chi connectivity index (χ1n) is 12.8. The van der Waals surface area contributed by atoms with Crippen molar-refractivity contribution in [2.75, 3.05) is 19.6 Å². The Morgan fingerprint density at radius 2 is 1.46 bits per heavy atom. The average Bonchev–Trinajstić information content (AvgIpc) is 3.08. The van der Waals surface area contributed by atoms with Crippen LogP contribution >= 0.6 is 0 Å². The number of benzene rings is 3. The molecule has 0 saturated carbocycles. The normalized spacial score (nSPS) is 16.5. The third kappa shape index (κ3) is 5.55. The number of likely N-dealkylation sites (tertiary alicyclic amines) is 1. The summed E-state index contributed by atoms with van der Waals surface area (Å²) in [5.74, 6) is -0.531. The molecule has 2 aliphatic rings. The number of nitriles is 1. The van der Waals surface area contributed by atoms with Crippen LogP contribution in [-0.2, 0) is 6.18 Å². The summed E-state index contributed by atoms with van der Waals surface area (Å²) in [6, 6.07) is 24.5. The summed E-state index contributed by atoms with van der Waals surface area (Å²) in [4.78, 5) is 2.41. The van der Waals surface area contributed by atoms with Crippen molar-refractivity contribution in [2.24, 2.45) is 0 Å². The molecule has 1 aliphatic heterocycles. The Kier molecular flexibility index (Phi) is 7.30. The van der Waals surface area contributed by atoms with E-state index in [-0.39, 0.29) is 0 Å². The van der Waals surface area contributed by atoms with Crippen LogP contribution in [0.15, 0.2) is 78.4 Å². The third-order valence-electron chi connectivity index (χ3n) is 7.46. The molecular weight excluding hydrogens is 469 g/mol. The minimum atomic E-state index is -4.40. The average molecular weight is 499 g/mol. The lowest BCUT2D eigenvalue weighted by atomic mass is 9.86. The fourth-order valence-corrected chi connectivity index (χ4v) is 5.50. The molecule has 0 amide bonds. The van der Waals surface area contributed by atoms with Gasteiger partial charge in [0.2, 0.25) is 0 Å². The summed E-state index contributed by atoms with van der Waals surface area (Å²) in [7, 11) is 0. The minimum Gasteiger partial charge on any atom is -0.303 e. The predicted molar refractivity (Wildman–Crippen MR) is 143 cm³/mol. The zero-order valence-corrected chi connectivity index (χ0v) is 20.6. The van der Waals surface area contributed by atoms with E-state index >= 15 is 0 Å². The number of nitrogens with zero attached hydrogens (tertiary/aromatic N) is 2. The Balaban J connectivity index is 1.25. The number of hydrogen-bond donors (Lipinski definition) is 0. The van der Waals surface area contributed by atoms with E-state index in [4.69, 9.17) is 0 Å². The summed E-state index contributed by atoms with van der Waals surface area (Å²) in [6.07, 6.45) is 3.29. The van der Waals surface area contributed by atoms with Gasteiger partial charge in [-0.1, -0.05) is 84.5 Å². The lowest BCUT2D eigenvalue weighted by Gasteiger charge is -2.30. The summed E-state index contributed by atoms with van der Waals surface area (Å²) in [5.41, 5.74) is 7.61. The Hall–Kier alpha value is -3.62. The van der Waals surface area contributed by atoms with Crippen molar-refractivity contribution in [1.82, 2.24) is 4.90 Å². The Morgan fingerprint density at radius 1 is 0.838 bits per heavy atom. The van der Waals surface area contributed by atoms with Gasteiger partial charge in [-0.15, -0.1) is 0 Å². The summed E-state index contributed by atoms with van der Waals surface area (Å²) in [6.45, 7) is 2.73. The Labute approximate surface area is 216 Å². The van der Waals surface area contributed by atoms with E-state index in [9.17, 15) is 18.4 Å². The topological polar surface area (TPSA) is 27.0 Å². The smallest absolute Gasteiger partial charge is 0.303 e. The molecule has 3 aromatic rings. The maximum Gasteiger partial charge on any atom is 0.416 e. The standard InChI is InChI=1S/C32H29F3N2/c33-32(34,35)28-11-5-9-26(21-28)27(22-36)10-6-18-37-19-16-25(17-20-37)31-29-12-3-1-7-23(29)14-15-24-8-2-4-13-30(24)31/h1-5,7-9,11-15,21,27H,6,10,16-20H2. The number of alkyl halides is 3. The van der Waals surface area contributed by atoms with Gasteiger partial charge in [0.1, 0.15) is 0 Å². The van der Waals surface area contributed by atoms with Crippen molar-refractivity contribution < 1.29 is 13.2 Å². The molecule has 1 heterocycles. The molecule has 0 N–H and O–H groups in total. The van der Waals surface area contributed by atoms with Crippen molar-refractivity contribution in [2.45, 2.75) is 37.8 Å². The van der Waals surface area contributed by atoms with Crippen molar-refractivity contribution in [3.63, 3.8) is 0 Å². The first-order chi connectivity index (χ1) is 17.9. The lowest BCUT2D eigenvalue weighted by Crippen LogP contribution is -2.32.